The smallest absolute Gasteiger partial charge is 0.263 e. The third-order valence-corrected chi connectivity index (χ3v) is 6.79. The van der Waals surface area contributed by atoms with Gasteiger partial charge in [-0.15, -0.1) is 11.3 Å². The molecule has 1 unspecified atom stereocenters. The van der Waals surface area contributed by atoms with Crippen LogP contribution in [-0.2, 0) is 10.0 Å². The summed E-state index contributed by atoms with van der Waals surface area (Å²) in [4.78, 5) is 5.06. The summed E-state index contributed by atoms with van der Waals surface area (Å²) in [5.74, 6) is 0.433. The second kappa shape index (κ2) is 5.58. The second-order valence-corrected chi connectivity index (χ2v) is 7.92. The molecule has 1 saturated heterocycles. The first kappa shape index (κ1) is 14.8. The van der Waals surface area contributed by atoms with E-state index < -0.39 is 10.0 Å². The van der Waals surface area contributed by atoms with E-state index in [0.29, 0.717) is 17.3 Å². The van der Waals surface area contributed by atoms with Crippen molar-refractivity contribution < 1.29 is 8.42 Å². The van der Waals surface area contributed by atoms with Crippen LogP contribution in [0.1, 0.15) is 32.6 Å². The summed E-state index contributed by atoms with van der Waals surface area (Å²) in [7, 11) is -1.83. The summed E-state index contributed by atoms with van der Waals surface area (Å²) in [6.45, 7) is 2.65. The first-order valence-electron chi connectivity index (χ1n) is 7.24. The second-order valence-electron chi connectivity index (χ2n) is 5.24. The monoisotopic (exact) mass is 328 g/mol. The molecule has 2 aromatic heterocycles. The molecule has 1 N–H and O–H groups in total. The van der Waals surface area contributed by atoms with Crippen LogP contribution in [0.5, 0.6) is 0 Å². The van der Waals surface area contributed by atoms with E-state index in [1.165, 1.54) is 11.3 Å². The van der Waals surface area contributed by atoms with Gasteiger partial charge < -0.3 is 5.32 Å². The maximum atomic E-state index is 13.1. The quantitative estimate of drug-likeness (QED) is 0.936. The molecule has 21 heavy (non-hydrogen) atoms. The van der Waals surface area contributed by atoms with E-state index in [1.807, 2.05) is 12.3 Å². The van der Waals surface area contributed by atoms with Crippen LogP contribution in [0.2, 0.25) is 0 Å². The third-order valence-electron chi connectivity index (χ3n) is 4.05. The minimum atomic E-state index is -3.54. The van der Waals surface area contributed by atoms with Crippen LogP contribution in [0.4, 0.5) is 5.82 Å². The Morgan fingerprint density at radius 3 is 3.00 bits per heavy atom. The van der Waals surface area contributed by atoms with E-state index in [-0.39, 0.29) is 11.1 Å². The van der Waals surface area contributed by atoms with E-state index in [4.69, 9.17) is 0 Å². The average molecular weight is 328 g/mol. The summed E-state index contributed by atoms with van der Waals surface area (Å²) in [5, 5.41) is 5.04. The molecule has 2 aromatic rings. The van der Waals surface area contributed by atoms with Crippen LogP contribution in [-0.4, -0.2) is 41.7 Å². The van der Waals surface area contributed by atoms with Crippen LogP contribution < -0.4 is 5.32 Å². The molecule has 0 aromatic carbocycles. The number of rotatable bonds is 4. The average Bonchev–Trinajstić information content (AvgIpc) is 3.06. The molecule has 3 heterocycles. The predicted octanol–water partition coefficient (Wildman–Crippen LogP) is 2.39. The molecule has 3 rings (SSSR count). The van der Waals surface area contributed by atoms with Gasteiger partial charge in [-0.3, -0.25) is 4.40 Å². The molecule has 1 atom stereocenters. The summed E-state index contributed by atoms with van der Waals surface area (Å²) in [5.41, 5.74) is 0. The Balaban J connectivity index is 2.12. The van der Waals surface area contributed by atoms with Crippen molar-refractivity contribution in [3.63, 3.8) is 0 Å². The number of sulfonamides is 1. The molecule has 1 aliphatic heterocycles. The van der Waals surface area contributed by atoms with Gasteiger partial charge in [0.25, 0.3) is 10.0 Å². The molecule has 0 amide bonds. The molecule has 1 fully saturated rings. The maximum absolute atomic E-state index is 13.1. The van der Waals surface area contributed by atoms with Crippen LogP contribution in [0.25, 0.3) is 4.96 Å². The minimum Gasteiger partial charge on any atom is -0.371 e. The summed E-state index contributed by atoms with van der Waals surface area (Å²) in [6, 6.07) is 0.0950. The highest BCUT2D eigenvalue weighted by Crippen LogP contribution is 2.32. The minimum absolute atomic E-state index is 0.0950. The lowest BCUT2D eigenvalue weighted by atomic mass is 10.0. The van der Waals surface area contributed by atoms with Crippen LogP contribution in [0, 0.1) is 0 Å². The highest BCUT2D eigenvalue weighted by molar-refractivity contribution is 7.89. The molecule has 0 spiro atoms. The normalized spacial score (nSPS) is 21.0. The molecule has 0 saturated carbocycles. The van der Waals surface area contributed by atoms with Gasteiger partial charge in [-0.1, -0.05) is 13.3 Å². The molecular weight excluding hydrogens is 308 g/mol. The van der Waals surface area contributed by atoms with Crippen LogP contribution in [0.15, 0.2) is 16.6 Å². The van der Waals surface area contributed by atoms with Gasteiger partial charge in [-0.2, -0.15) is 4.31 Å². The highest BCUT2D eigenvalue weighted by Gasteiger charge is 2.36. The van der Waals surface area contributed by atoms with Crippen molar-refractivity contribution >= 4 is 32.1 Å². The topological polar surface area (TPSA) is 66.7 Å². The number of imidazole rings is 1. The van der Waals surface area contributed by atoms with Crippen molar-refractivity contribution in [3.05, 3.63) is 11.6 Å². The number of anilines is 1. The fourth-order valence-corrected chi connectivity index (χ4v) is 5.78. The van der Waals surface area contributed by atoms with Gasteiger partial charge in [0.15, 0.2) is 15.8 Å². The summed E-state index contributed by atoms with van der Waals surface area (Å²) < 4.78 is 29.6. The van der Waals surface area contributed by atoms with E-state index >= 15 is 0 Å². The largest absolute Gasteiger partial charge is 0.371 e. The van der Waals surface area contributed by atoms with Gasteiger partial charge in [0, 0.05) is 31.2 Å². The molecule has 6 nitrogen and oxygen atoms in total. The van der Waals surface area contributed by atoms with Crippen molar-refractivity contribution in [2.75, 3.05) is 18.9 Å². The first-order valence-corrected chi connectivity index (χ1v) is 9.56. The molecule has 0 radical (unpaired) electrons. The fourth-order valence-electron chi connectivity index (χ4n) is 2.98. The SMILES string of the molecule is CCC1CCCCN1S(=O)(=O)c1c(NC)nc2sccn12. The Hall–Kier alpha value is -1.12. The van der Waals surface area contributed by atoms with E-state index in [1.54, 1.807) is 22.0 Å². The van der Waals surface area contributed by atoms with Crippen molar-refractivity contribution in [3.8, 4) is 0 Å². The molecule has 0 aliphatic carbocycles. The Bertz CT molecular complexity index is 735. The van der Waals surface area contributed by atoms with Crippen molar-refractivity contribution in [2.45, 2.75) is 43.7 Å². The fraction of sp³-hybridized carbons (Fsp3) is 0.615. The highest BCUT2D eigenvalue weighted by atomic mass is 32.2. The molecule has 116 valence electrons. The summed E-state index contributed by atoms with van der Waals surface area (Å²) in [6.07, 6.45) is 5.58. The Morgan fingerprint density at radius 2 is 2.29 bits per heavy atom. The Morgan fingerprint density at radius 1 is 1.48 bits per heavy atom. The molecular formula is C13H20N4O2S2. The van der Waals surface area contributed by atoms with Gasteiger partial charge in [0.1, 0.15) is 0 Å². The molecule has 1 aliphatic rings. The van der Waals surface area contributed by atoms with Gasteiger partial charge in [0.05, 0.1) is 0 Å². The lowest BCUT2D eigenvalue weighted by Crippen LogP contribution is -2.43. The number of hydrogen-bond acceptors (Lipinski definition) is 5. The molecule has 0 bridgehead atoms. The number of hydrogen-bond donors (Lipinski definition) is 1. The maximum Gasteiger partial charge on any atom is 0.263 e. The standard InChI is InChI=1S/C13H20N4O2S2/c1-3-10-6-4-5-7-17(10)21(18,19)12-11(14-2)15-13-16(12)8-9-20-13/h8-10,14H,3-7H2,1-2H3. The Labute approximate surface area is 128 Å². The zero-order valence-electron chi connectivity index (χ0n) is 12.2. The van der Waals surface area contributed by atoms with E-state index in [2.05, 4.69) is 10.3 Å². The number of piperidine rings is 1. The first-order chi connectivity index (χ1) is 10.1. The van der Waals surface area contributed by atoms with Crippen molar-refractivity contribution in [1.82, 2.24) is 13.7 Å². The zero-order valence-corrected chi connectivity index (χ0v) is 13.9. The number of nitrogens with one attached hydrogen (secondary N) is 1. The van der Waals surface area contributed by atoms with Crippen molar-refractivity contribution in [2.24, 2.45) is 0 Å². The van der Waals surface area contributed by atoms with Gasteiger partial charge in [-0.25, -0.2) is 13.4 Å². The number of fused-ring (bicyclic) bond motifs is 1. The third kappa shape index (κ3) is 2.35. The van der Waals surface area contributed by atoms with E-state index in [9.17, 15) is 8.42 Å². The Kier molecular flexibility index (Phi) is 3.94. The predicted molar refractivity (Wildman–Crippen MR) is 84.4 cm³/mol. The number of nitrogens with zero attached hydrogens (tertiary/aromatic N) is 3. The molecule has 8 heteroatoms. The van der Waals surface area contributed by atoms with Crippen LogP contribution in [0.3, 0.4) is 0 Å². The zero-order chi connectivity index (χ0) is 15.0. The van der Waals surface area contributed by atoms with Crippen molar-refractivity contribution in [1.29, 1.82) is 0 Å². The lowest BCUT2D eigenvalue weighted by Gasteiger charge is -2.33. The van der Waals surface area contributed by atoms with Gasteiger partial charge in [0.2, 0.25) is 0 Å². The number of aromatic nitrogens is 2. The lowest BCUT2D eigenvalue weighted by molar-refractivity contribution is 0.246. The van der Waals surface area contributed by atoms with Crippen LogP contribution >= 0.6 is 11.3 Å². The van der Waals surface area contributed by atoms with Gasteiger partial charge >= 0.3 is 0 Å². The summed E-state index contributed by atoms with van der Waals surface area (Å²) >= 11 is 1.44. The van der Waals surface area contributed by atoms with Gasteiger partial charge in [-0.05, 0) is 19.3 Å². The number of thiazole rings is 1. The van der Waals surface area contributed by atoms with E-state index in [0.717, 1.165) is 25.7 Å².